The van der Waals surface area contributed by atoms with E-state index in [1.54, 1.807) is 0 Å². The van der Waals surface area contributed by atoms with Crippen molar-refractivity contribution in [1.29, 1.82) is 0 Å². The molecule has 1 aromatic carbocycles. The van der Waals surface area contributed by atoms with Crippen LogP contribution in [-0.4, -0.2) is 44.8 Å². The number of carbonyl (C=O) groups is 2. The first-order valence-corrected chi connectivity index (χ1v) is 9.20. The van der Waals surface area contributed by atoms with Gasteiger partial charge in [-0.1, -0.05) is 44.2 Å². The molecule has 1 aliphatic rings. The lowest BCUT2D eigenvalue weighted by atomic mass is 9.89. The third-order valence-corrected chi connectivity index (χ3v) is 5.01. The van der Waals surface area contributed by atoms with Gasteiger partial charge in [0.05, 0.1) is 17.7 Å². The number of halogens is 2. The van der Waals surface area contributed by atoms with Crippen LogP contribution in [-0.2, 0) is 11.3 Å². The Morgan fingerprint density at radius 2 is 1.89 bits per heavy atom. The number of carboxylic acid groups (broad SMARTS) is 1. The Bertz CT molecular complexity index is 852. The Morgan fingerprint density at radius 3 is 2.46 bits per heavy atom. The first-order chi connectivity index (χ1) is 13.3. The minimum atomic E-state index is -2.84. The first kappa shape index (κ1) is 20.0. The van der Waals surface area contributed by atoms with E-state index in [4.69, 9.17) is 0 Å². The van der Waals surface area contributed by atoms with Gasteiger partial charge in [-0.2, -0.15) is 5.10 Å². The van der Waals surface area contributed by atoms with Crippen LogP contribution in [0.2, 0.25) is 0 Å². The highest BCUT2D eigenvalue weighted by Crippen LogP contribution is 2.34. The van der Waals surface area contributed by atoms with Crippen molar-refractivity contribution in [3.63, 3.8) is 0 Å². The average Bonchev–Trinajstić information content (AvgIpc) is 3.26. The molecule has 6 nitrogen and oxygen atoms in total. The third-order valence-electron chi connectivity index (χ3n) is 5.01. The van der Waals surface area contributed by atoms with Crippen LogP contribution < -0.4 is 0 Å². The molecule has 8 heteroatoms. The van der Waals surface area contributed by atoms with Gasteiger partial charge in [-0.15, -0.1) is 0 Å². The van der Waals surface area contributed by atoms with Gasteiger partial charge in [-0.25, -0.2) is 8.78 Å². The number of aromatic nitrogens is 2. The largest absolute Gasteiger partial charge is 0.481 e. The molecule has 0 saturated carbocycles. The Balaban J connectivity index is 1.89. The van der Waals surface area contributed by atoms with Crippen molar-refractivity contribution in [2.75, 3.05) is 13.1 Å². The summed E-state index contributed by atoms with van der Waals surface area (Å²) in [7, 11) is 0. The predicted octanol–water partition coefficient (Wildman–Crippen LogP) is 3.42. The molecule has 0 radical (unpaired) electrons. The van der Waals surface area contributed by atoms with Crippen LogP contribution in [0, 0.1) is 11.8 Å². The molecule has 1 saturated heterocycles. The number of likely N-dealkylation sites (tertiary alicyclic amines) is 1. The van der Waals surface area contributed by atoms with E-state index in [0.717, 1.165) is 11.8 Å². The number of hydrogen-bond acceptors (Lipinski definition) is 3. The highest BCUT2D eigenvalue weighted by atomic mass is 19.3. The van der Waals surface area contributed by atoms with E-state index in [0.29, 0.717) is 0 Å². The summed E-state index contributed by atoms with van der Waals surface area (Å²) >= 11 is 0. The summed E-state index contributed by atoms with van der Waals surface area (Å²) in [5.41, 5.74) is 0.247. The van der Waals surface area contributed by atoms with Gasteiger partial charge in [0.1, 0.15) is 5.69 Å². The van der Waals surface area contributed by atoms with Crippen molar-refractivity contribution in [2.24, 2.45) is 11.8 Å². The minimum absolute atomic E-state index is 0.0221. The van der Waals surface area contributed by atoms with Crippen LogP contribution in [0.1, 0.15) is 47.8 Å². The van der Waals surface area contributed by atoms with Gasteiger partial charge in [0.25, 0.3) is 12.3 Å². The number of nitrogens with zero attached hydrogens (tertiary/aromatic N) is 3. The molecule has 2 heterocycles. The molecule has 2 aromatic rings. The van der Waals surface area contributed by atoms with E-state index in [2.05, 4.69) is 5.10 Å². The predicted molar refractivity (Wildman–Crippen MR) is 98.2 cm³/mol. The molecular weight excluding hydrogens is 368 g/mol. The zero-order chi connectivity index (χ0) is 20.4. The Hall–Kier alpha value is -2.77. The Kier molecular flexibility index (Phi) is 5.76. The van der Waals surface area contributed by atoms with Gasteiger partial charge in [-0.05, 0) is 11.5 Å². The molecule has 1 aromatic heterocycles. The van der Waals surface area contributed by atoms with Gasteiger partial charge in [-0.3, -0.25) is 14.3 Å². The lowest BCUT2D eigenvalue weighted by Crippen LogP contribution is -2.30. The number of hydrogen-bond donors (Lipinski definition) is 1. The minimum Gasteiger partial charge on any atom is -0.481 e. The monoisotopic (exact) mass is 391 g/mol. The number of aliphatic carboxylic acids is 1. The second-order valence-electron chi connectivity index (χ2n) is 7.49. The second-order valence-corrected chi connectivity index (χ2v) is 7.49. The van der Waals surface area contributed by atoms with Crippen molar-refractivity contribution < 1.29 is 23.5 Å². The summed E-state index contributed by atoms with van der Waals surface area (Å²) in [5.74, 6) is -2.69. The summed E-state index contributed by atoms with van der Waals surface area (Å²) in [6.07, 6.45) is -1.68. The average molecular weight is 391 g/mol. The number of benzene rings is 1. The maximum Gasteiger partial charge on any atom is 0.308 e. The molecule has 2 unspecified atom stereocenters. The lowest BCUT2D eigenvalue weighted by Gasteiger charge is -2.17. The Morgan fingerprint density at radius 1 is 1.21 bits per heavy atom. The molecule has 1 N–H and O–H groups in total. The summed E-state index contributed by atoms with van der Waals surface area (Å²) in [6.45, 7) is 4.17. The van der Waals surface area contributed by atoms with Gasteiger partial charge < -0.3 is 10.0 Å². The molecule has 0 spiro atoms. The number of amides is 1. The van der Waals surface area contributed by atoms with E-state index < -0.39 is 29.9 Å². The molecular formula is C20H23F2N3O3. The summed E-state index contributed by atoms with van der Waals surface area (Å²) in [6, 6.07) is 9.09. The van der Waals surface area contributed by atoms with Crippen molar-refractivity contribution in [3.05, 3.63) is 53.3 Å². The fourth-order valence-electron chi connectivity index (χ4n) is 3.71. The standard InChI is InChI=1S/C20H23F2N3O3/c1-12(2)9-25-17(18(21)22)14(8-23-25)19(26)24-10-15(16(11-24)20(27)28)13-6-4-3-5-7-13/h3-8,12,15-16,18H,9-11H2,1-2H3,(H,27,28). The van der Waals surface area contributed by atoms with E-state index in [1.807, 2.05) is 44.2 Å². The lowest BCUT2D eigenvalue weighted by molar-refractivity contribution is -0.141. The number of carbonyl (C=O) groups excluding carboxylic acids is 1. The van der Waals surface area contributed by atoms with E-state index in [9.17, 15) is 23.5 Å². The summed E-state index contributed by atoms with van der Waals surface area (Å²) in [5, 5.41) is 13.6. The molecule has 0 aliphatic carbocycles. The van der Waals surface area contributed by atoms with Crippen molar-refractivity contribution in [3.8, 4) is 0 Å². The SMILES string of the molecule is CC(C)Cn1ncc(C(=O)N2CC(C(=O)O)C(c3ccccc3)C2)c1C(F)F. The van der Waals surface area contributed by atoms with Crippen molar-refractivity contribution in [2.45, 2.75) is 32.7 Å². The zero-order valence-electron chi connectivity index (χ0n) is 15.8. The maximum atomic E-state index is 13.6. The molecule has 1 fully saturated rings. The number of carboxylic acids is 1. The van der Waals surface area contributed by atoms with Crippen LogP contribution >= 0.6 is 0 Å². The molecule has 0 bridgehead atoms. The van der Waals surface area contributed by atoms with E-state index >= 15 is 0 Å². The topological polar surface area (TPSA) is 75.4 Å². The number of rotatable bonds is 6. The van der Waals surface area contributed by atoms with Gasteiger partial charge in [0.2, 0.25) is 0 Å². The highest BCUT2D eigenvalue weighted by molar-refractivity contribution is 5.96. The molecule has 28 heavy (non-hydrogen) atoms. The second kappa shape index (κ2) is 8.08. The van der Waals surface area contributed by atoms with Crippen LogP contribution in [0.3, 0.4) is 0 Å². The molecule has 1 aliphatic heterocycles. The summed E-state index contributed by atoms with van der Waals surface area (Å²) in [4.78, 5) is 26.0. The van der Waals surface area contributed by atoms with Gasteiger partial charge >= 0.3 is 5.97 Å². The Labute approximate surface area is 161 Å². The third kappa shape index (κ3) is 3.90. The zero-order valence-corrected chi connectivity index (χ0v) is 15.8. The fourth-order valence-corrected chi connectivity index (χ4v) is 3.71. The van der Waals surface area contributed by atoms with Gasteiger partial charge in [0, 0.05) is 25.6 Å². The van der Waals surface area contributed by atoms with E-state index in [-0.39, 0.29) is 37.0 Å². The highest BCUT2D eigenvalue weighted by Gasteiger charge is 2.41. The normalized spacial score (nSPS) is 19.6. The quantitative estimate of drug-likeness (QED) is 0.819. The number of alkyl halides is 2. The van der Waals surface area contributed by atoms with Gasteiger partial charge in [0.15, 0.2) is 0 Å². The molecule has 2 atom stereocenters. The fraction of sp³-hybridized carbons (Fsp3) is 0.450. The smallest absolute Gasteiger partial charge is 0.308 e. The maximum absolute atomic E-state index is 13.6. The van der Waals surface area contributed by atoms with Crippen molar-refractivity contribution >= 4 is 11.9 Å². The van der Waals surface area contributed by atoms with Crippen LogP contribution in [0.5, 0.6) is 0 Å². The van der Waals surface area contributed by atoms with Crippen LogP contribution in [0.15, 0.2) is 36.5 Å². The summed E-state index contributed by atoms with van der Waals surface area (Å²) < 4.78 is 28.4. The van der Waals surface area contributed by atoms with Crippen molar-refractivity contribution in [1.82, 2.24) is 14.7 Å². The molecule has 150 valence electrons. The van der Waals surface area contributed by atoms with Crippen LogP contribution in [0.4, 0.5) is 8.78 Å². The molecule has 3 rings (SSSR count). The first-order valence-electron chi connectivity index (χ1n) is 9.20. The van der Waals surface area contributed by atoms with E-state index in [1.165, 1.54) is 9.58 Å². The van der Waals surface area contributed by atoms with Crippen LogP contribution in [0.25, 0.3) is 0 Å². The molecule has 1 amide bonds.